The molecule has 0 aromatic heterocycles. The van der Waals surface area contributed by atoms with Gasteiger partial charge in [-0.25, -0.2) is 0 Å². The minimum absolute atomic E-state index is 0.858. The highest BCUT2D eigenvalue weighted by Gasteiger charge is 2.28. The van der Waals surface area contributed by atoms with Crippen LogP contribution in [-0.2, 0) is 0 Å². The molecule has 0 nitrogen and oxygen atoms in total. The van der Waals surface area contributed by atoms with Crippen LogP contribution in [0.1, 0.15) is 26.7 Å². The zero-order valence-electron chi connectivity index (χ0n) is 6.13. The molecule has 0 aliphatic rings. The molecule has 0 rings (SSSR count). The van der Waals surface area contributed by atoms with Crippen LogP contribution in [0.15, 0.2) is 11.3 Å². The summed E-state index contributed by atoms with van der Waals surface area (Å²) in [5, 5.41) is 1.01. The zero-order chi connectivity index (χ0) is 8.20. The van der Waals surface area contributed by atoms with Crippen LogP contribution in [0.4, 0.5) is 0 Å². The Morgan fingerprint density at radius 3 is 1.90 bits per heavy atom. The smallest absolute Gasteiger partial charge is 0.121 e. The fourth-order valence-corrected chi connectivity index (χ4v) is 3.44. The van der Waals surface area contributed by atoms with Crippen molar-refractivity contribution in [2.45, 2.75) is 26.7 Å². The summed E-state index contributed by atoms with van der Waals surface area (Å²) in [7, 11) is 0. The summed E-state index contributed by atoms with van der Waals surface area (Å²) < 4.78 is 0. The lowest BCUT2D eigenvalue weighted by Gasteiger charge is -2.10. The summed E-state index contributed by atoms with van der Waals surface area (Å²) in [6, 6.07) is -2.53. The van der Waals surface area contributed by atoms with Gasteiger partial charge in [0.2, 0.25) is 0 Å². The lowest BCUT2D eigenvalue weighted by Crippen LogP contribution is -2.13. The maximum atomic E-state index is 5.78. The molecule has 0 atom stereocenters. The fraction of sp³-hybridized carbons (Fsp3) is 0.667. The molecule has 0 amide bonds. The van der Waals surface area contributed by atoms with Gasteiger partial charge in [-0.3, -0.25) is 0 Å². The van der Waals surface area contributed by atoms with E-state index >= 15 is 0 Å². The molecule has 0 unspecified atom stereocenters. The Bertz CT molecular complexity index is 125. The van der Waals surface area contributed by atoms with Gasteiger partial charge < -0.3 is 0 Å². The molecule has 0 aromatic rings. The van der Waals surface area contributed by atoms with Crippen molar-refractivity contribution in [2.24, 2.45) is 0 Å². The van der Waals surface area contributed by atoms with E-state index in [0.717, 1.165) is 18.0 Å². The quantitative estimate of drug-likeness (QED) is 0.496. The first-order chi connectivity index (χ1) is 4.52. The molecule has 0 saturated carbocycles. The second-order valence-electron chi connectivity index (χ2n) is 1.99. The Balaban J connectivity index is 4.21. The van der Waals surface area contributed by atoms with Crippen molar-refractivity contribution in [1.29, 1.82) is 0 Å². The lowest BCUT2D eigenvalue weighted by molar-refractivity contribution is 1.13. The second kappa shape index (κ2) is 4.65. The van der Waals surface area contributed by atoms with Gasteiger partial charge in [0.15, 0.2) is 0 Å². The Kier molecular flexibility index (Phi) is 5.04. The summed E-state index contributed by atoms with van der Waals surface area (Å²) in [4.78, 5) is 0. The van der Waals surface area contributed by atoms with Crippen molar-refractivity contribution in [3.05, 3.63) is 11.3 Å². The molecule has 0 bridgehead atoms. The van der Waals surface area contributed by atoms with E-state index in [1.807, 2.05) is 19.9 Å². The molecule has 0 aromatic carbocycles. The van der Waals surface area contributed by atoms with Crippen molar-refractivity contribution < 1.29 is 0 Å². The van der Waals surface area contributed by atoms with Crippen LogP contribution in [0.2, 0.25) is 0 Å². The molecule has 10 heavy (non-hydrogen) atoms. The third kappa shape index (κ3) is 3.87. The third-order valence-electron chi connectivity index (χ3n) is 1.20. The molecule has 0 saturated heterocycles. The second-order valence-corrected chi connectivity index (χ2v) is 10.5. The molecular weight excluding hydrogens is 207 g/mol. The van der Waals surface area contributed by atoms with Crippen molar-refractivity contribution >= 4 is 39.2 Å². The molecule has 0 aliphatic heterocycles. The fourth-order valence-electron chi connectivity index (χ4n) is 0.707. The topological polar surface area (TPSA) is 0 Å². The van der Waals surface area contributed by atoms with E-state index in [1.165, 1.54) is 0 Å². The van der Waals surface area contributed by atoms with Crippen molar-refractivity contribution in [3.63, 3.8) is 0 Å². The molecule has 60 valence electrons. The molecule has 4 heteroatoms. The summed E-state index contributed by atoms with van der Waals surface area (Å²) in [6.07, 6.45) is 3.82. The highest BCUT2D eigenvalue weighted by Crippen LogP contribution is 2.30. The first-order valence-corrected chi connectivity index (χ1v) is 8.32. The first-order valence-electron chi connectivity index (χ1n) is 3.28. The summed E-state index contributed by atoms with van der Waals surface area (Å²) in [5.74, 6) is 0. The standard InChI is InChI=1S/C6H11Cl3Si/c1-3-5-6(4-2)10(7,8)9/h5H,3-4H2,1-2H3/b6-5-. The van der Waals surface area contributed by atoms with E-state index in [9.17, 15) is 0 Å². The first kappa shape index (κ1) is 10.8. The van der Waals surface area contributed by atoms with Gasteiger partial charge >= 0.3 is 6.00 Å². The van der Waals surface area contributed by atoms with Crippen LogP contribution < -0.4 is 0 Å². The molecule has 0 spiro atoms. The lowest BCUT2D eigenvalue weighted by atomic mass is 10.3. The normalized spacial score (nSPS) is 13.9. The van der Waals surface area contributed by atoms with Gasteiger partial charge in [0.25, 0.3) is 0 Å². The van der Waals surface area contributed by atoms with Crippen LogP contribution in [-0.4, -0.2) is 6.00 Å². The van der Waals surface area contributed by atoms with E-state index in [0.29, 0.717) is 0 Å². The van der Waals surface area contributed by atoms with Gasteiger partial charge in [0.05, 0.1) is 0 Å². The maximum absolute atomic E-state index is 5.78. The summed E-state index contributed by atoms with van der Waals surface area (Å²) in [6.45, 7) is 4.05. The Morgan fingerprint density at radius 2 is 1.80 bits per heavy atom. The van der Waals surface area contributed by atoms with Gasteiger partial charge in [0.1, 0.15) is 0 Å². The van der Waals surface area contributed by atoms with Crippen LogP contribution in [0.25, 0.3) is 0 Å². The largest absolute Gasteiger partial charge is 0.368 e. The van der Waals surface area contributed by atoms with Crippen LogP contribution in [0.5, 0.6) is 0 Å². The van der Waals surface area contributed by atoms with E-state index in [4.69, 9.17) is 33.2 Å². The van der Waals surface area contributed by atoms with Gasteiger partial charge in [-0.2, -0.15) is 0 Å². The Morgan fingerprint density at radius 1 is 1.30 bits per heavy atom. The number of halogens is 3. The zero-order valence-corrected chi connectivity index (χ0v) is 9.39. The van der Waals surface area contributed by atoms with Crippen LogP contribution in [0, 0.1) is 0 Å². The minimum atomic E-state index is -2.53. The number of rotatable bonds is 3. The van der Waals surface area contributed by atoms with Gasteiger partial charge in [-0.1, -0.05) is 19.9 Å². The number of allylic oxidation sites excluding steroid dienone is 2. The summed E-state index contributed by atoms with van der Waals surface area (Å²) in [5.41, 5.74) is 0. The average molecular weight is 218 g/mol. The van der Waals surface area contributed by atoms with E-state index in [2.05, 4.69) is 0 Å². The van der Waals surface area contributed by atoms with E-state index in [1.54, 1.807) is 0 Å². The molecule has 0 aliphatic carbocycles. The SMILES string of the molecule is CC/C=C(/CC)[Si](Cl)(Cl)Cl. The summed E-state index contributed by atoms with van der Waals surface area (Å²) >= 11 is 17.3. The number of hydrogen-bond acceptors (Lipinski definition) is 0. The van der Waals surface area contributed by atoms with Gasteiger partial charge in [0, 0.05) is 0 Å². The highest BCUT2D eigenvalue weighted by molar-refractivity contribution is 7.67. The van der Waals surface area contributed by atoms with Crippen LogP contribution >= 0.6 is 33.2 Å². The minimum Gasteiger partial charge on any atom is -0.121 e. The van der Waals surface area contributed by atoms with Crippen molar-refractivity contribution in [1.82, 2.24) is 0 Å². The van der Waals surface area contributed by atoms with Gasteiger partial charge in [-0.15, -0.1) is 33.2 Å². The Labute approximate surface area is 77.3 Å². The van der Waals surface area contributed by atoms with E-state index < -0.39 is 6.00 Å². The van der Waals surface area contributed by atoms with Crippen molar-refractivity contribution in [2.75, 3.05) is 0 Å². The predicted octanol–water partition coefficient (Wildman–Crippen LogP) is 3.93. The Hall–Kier alpha value is 0.827. The molecule has 0 N–H and O–H groups in total. The average Bonchev–Trinajstić information content (AvgIpc) is 1.80. The maximum Gasteiger partial charge on any atom is 0.368 e. The monoisotopic (exact) mass is 216 g/mol. The molecule has 0 radical (unpaired) electrons. The molecular formula is C6H11Cl3Si. The third-order valence-corrected chi connectivity index (χ3v) is 4.67. The van der Waals surface area contributed by atoms with Crippen molar-refractivity contribution in [3.8, 4) is 0 Å². The van der Waals surface area contributed by atoms with Crippen LogP contribution in [0.3, 0.4) is 0 Å². The molecule has 0 fully saturated rings. The number of hydrogen-bond donors (Lipinski definition) is 0. The van der Waals surface area contributed by atoms with E-state index in [-0.39, 0.29) is 0 Å². The highest BCUT2D eigenvalue weighted by atomic mass is 35.8. The van der Waals surface area contributed by atoms with Gasteiger partial charge in [-0.05, 0) is 18.0 Å². The molecule has 0 heterocycles. The predicted molar refractivity (Wildman–Crippen MR) is 52.0 cm³/mol.